The Bertz CT molecular complexity index is 477. The van der Waals surface area contributed by atoms with Gasteiger partial charge in [0.25, 0.3) is 5.91 Å². The van der Waals surface area contributed by atoms with Gasteiger partial charge in [-0.2, -0.15) is 0 Å². The summed E-state index contributed by atoms with van der Waals surface area (Å²) in [6.45, 7) is 4.53. The lowest BCUT2D eigenvalue weighted by atomic mass is 9.75. The molecule has 1 aliphatic rings. The van der Waals surface area contributed by atoms with Crippen molar-refractivity contribution in [1.29, 1.82) is 0 Å². The highest BCUT2D eigenvalue weighted by atomic mass is 79.9. The molecule has 19 heavy (non-hydrogen) atoms. The smallest absolute Gasteiger partial charge is 0.252 e. The summed E-state index contributed by atoms with van der Waals surface area (Å²) in [4.78, 5) is 12.1. The van der Waals surface area contributed by atoms with Crippen molar-refractivity contribution in [2.75, 3.05) is 0 Å². The van der Waals surface area contributed by atoms with E-state index in [0.29, 0.717) is 15.5 Å². The summed E-state index contributed by atoms with van der Waals surface area (Å²) in [6, 6.07) is 4.38. The van der Waals surface area contributed by atoms with Crippen LogP contribution in [0.2, 0.25) is 0 Å². The van der Waals surface area contributed by atoms with Crippen LogP contribution in [0.3, 0.4) is 0 Å². The third-order valence-corrected chi connectivity index (χ3v) is 4.51. The van der Waals surface area contributed by atoms with E-state index in [2.05, 4.69) is 35.1 Å². The Labute approximate surface area is 121 Å². The molecule has 1 fully saturated rings. The van der Waals surface area contributed by atoms with Gasteiger partial charge in [0, 0.05) is 10.5 Å². The van der Waals surface area contributed by atoms with Gasteiger partial charge in [-0.15, -0.1) is 0 Å². The number of halogens is 2. The summed E-state index contributed by atoms with van der Waals surface area (Å²) in [5.41, 5.74) is 0.878. The molecular weight excluding hydrogens is 309 g/mol. The van der Waals surface area contributed by atoms with Crippen LogP contribution in [0.15, 0.2) is 22.7 Å². The predicted octanol–water partition coefficient (Wildman–Crippen LogP) is 4.29. The molecule has 0 heterocycles. The molecule has 1 aromatic rings. The van der Waals surface area contributed by atoms with Crippen LogP contribution >= 0.6 is 15.9 Å². The first kappa shape index (κ1) is 14.5. The lowest BCUT2D eigenvalue weighted by molar-refractivity contribution is 0.0908. The van der Waals surface area contributed by atoms with Gasteiger partial charge in [0.15, 0.2) is 0 Å². The largest absolute Gasteiger partial charge is 0.349 e. The molecular formula is C15H19BrFNO. The van der Waals surface area contributed by atoms with Crippen LogP contribution in [0.1, 0.15) is 49.9 Å². The first-order valence-corrected chi connectivity index (χ1v) is 7.43. The molecule has 1 aromatic carbocycles. The Morgan fingerprint density at radius 3 is 2.58 bits per heavy atom. The zero-order valence-electron chi connectivity index (χ0n) is 11.3. The average molecular weight is 328 g/mol. The van der Waals surface area contributed by atoms with Gasteiger partial charge in [-0.25, -0.2) is 4.39 Å². The van der Waals surface area contributed by atoms with E-state index in [9.17, 15) is 9.18 Å². The first-order chi connectivity index (χ1) is 8.87. The normalized spacial score (nSPS) is 19.2. The van der Waals surface area contributed by atoms with Gasteiger partial charge in [-0.1, -0.05) is 13.8 Å². The molecule has 1 N–H and O–H groups in total. The molecule has 0 unspecified atom stereocenters. The maximum Gasteiger partial charge on any atom is 0.252 e. The van der Waals surface area contributed by atoms with Crippen molar-refractivity contribution in [2.45, 2.75) is 45.6 Å². The molecule has 0 saturated heterocycles. The van der Waals surface area contributed by atoms with Gasteiger partial charge in [0.2, 0.25) is 0 Å². The van der Waals surface area contributed by atoms with Crippen LogP contribution < -0.4 is 5.32 Å². The predicted molar refractivity (Wildman–Crippen MR) is 77.6 cm³/mol. The highest BCUT2D eigenvalue weighted by Gasteiger charge is 2.27. The fraction of sp³-hybridized carbons (Fsp3) is 0.533. The molecule has 1 saturated carbocycles. The zero-order valence-corrected chi connectivity index (χ0v) is 12.9. The molecule has 0 aromatic heterocycles. The van der Waals surface area contributed by atoms with E-state index in [1.165, 1.54) is 18.2 Å². The number of hydrogen-bond donors (Lipinski definition) is 1. The first-order valence-electron chi connectivity index (χ1n) is 6.63. The van der Waals surface area contributed by atoms with Gasteiger partial charge < -0.3 is 5.32 Å². The van der Waals surface area contributed by atoms with E-state index in [4.69, 9.17) is 0 Å². The number of carbonyl (C=O) groups excluding carboxylic acids is 1. The summed E-state index contributed by atoms with van der Waals surface area (Å²) in [6.07, 6.45) is 4.28. The van der Waals surface area contributed by atoms with Gasteiger partial charge in [0.1, 0.15) is 5.82 Å². The Morgan fingerprint density at radius 1 is 1.37 bits per heavy atom. The summed E-state index contributed by atoms with van der Waals surface area (Å²) in [7, 11) is 0. The molecule has 1 aliphatic carbocycles. The van der Waals surface area contributed by atoms with Crippen molar-refractivity contribution in [3.05, 3.63) is 34.1 Å². The zero-order chi connectivity index (χ0) is 14.0. The maximum absolute atomic E-state index is 13.0. The van der Waals surface area contributed by atoms with Gasteiger partial charge in [0.05, 0.1) is 5.56 Å². The molecule has 0 spiro atoms. The van der Waals surface area contributed by atoms with Gasteiger partial charge in [-0.05, 0) is 65.2 Å². The second-order valence-corrected chi connectivity index (χ2v) is 6.89. The summed E-state index contributed by atoms with van der Waals surface area (Å²) < 4.78 is 13.5. The van der Waals surface area contributed by atoms with E-state index in [1.54, 1.807) is 0 Å². The van der Waals surface area contributed by atoms with E-state index in [1.807, 2.05) is 0 Å². The number of hydrogen-bond acceptors (Lipinski definition) is 1. The molecule has 2 rings (SSSR count). The number of benzene rings is 1. The number of carbonyl (C=O) groups is 1. The van der Waals surface area contributed by atoms with Crippen molar-refractivity contribution < 1.29 is 9.18 Å². The molecule has 104 valence electrons. The van der Waals surface area contributed by atoms with E-state index >= 15 is 0 Å². The molecule has 0 bridgehead atoms. The topological polar surface area (TPSA) is 29.1 Å². The minimum Gasteiger partial charge on any atom is -0.349 e. The monoisotopic (exact) mass is 327 g/mol. The van der Waals surface area contributed by atoms with E-state index in [0.717, 1.165) is 25.7 Å². The Balaban J connectivity index is 1.98. The summed E-state index contributed by atoms with van der Waals surface area (Å²) in [5.74, 6) is -0.473. The van der Waals surface area contributed by atoms with E-state index < -0.39 is 0 Å². The fourth-order valence-electron chi connectivity index (χ4n) is 2.48. The standard InChI is InChI=1S/C15H19BrFNO/c1-15(2)7-5-11(6-8-15)18-14(19)12-4-3-10(17)9-13(12)16/h3-4,9,11H,5-8H2,1-2H3,(H,18,19). The second-order valence-electron chi connectivity index (χ2n) is 6.04. The SMILES string of the molecule is CC1(C)CCC(NC(=O)c2ccc(F)cc2Br)CC1. The molecule has 0 atom stereocenters. The Hall–Kier alpha value is -0.900. The van der Waals surface area contributed by atoms with Crippen molar-refractivity contribution in [1.82, 2.24) is 5.32 Å². The molecule has 0 aliphatic heterocycles. The van der Waals surface area contributed by atoms with Crippen molar-refractivity contribution >= 4 is 21.8 Å². The Morgan fingerprint density at radius 2 is 2.00 bits per heavy atom. The quantitative estimate of drug-likeness (QED) is 0.862. The van der Waals surface area contributed by atoms with Crippen molar-refractivity contribution in [3.63, 3.8) is 0 Å². The lowest BCUT2D eigenvalue weighted by Gasteiger charge is -2.34. The fourth-order valence-corrected chi connectivity index (χ4v) is 3.01. The van der Waals surface area contributed by atoms with Gasteiger partial charge in [-0.3, -0.25) is 4.79 Å². The maximum atomic E-state index is 13.0. The summed E-state index contributed by atoms with van der Waals surface area (Å²) in [5, 5.41) is 3.04. The molecule has 2 nitrogen and oxygen atoms in total. The molecule has 1 amide bonds. The third kappa shape index (κ3) is 3.78. The number of nitrogens with one attached hydrogen (secondary N) is 1. The lowest BCUT2D eigenvalue weighted by Crippen LogP contribution is -2.39. The highest BCUT2D eigenvalue weighted by Crippen LogP contribution is 2.35. The number of rotatable bonds is 2. The van der Waals surface area contributed by atoms with E-state index in [-0.39, 0.29) is 17.8 Å². The van der Waals surface area contributed by atoms with Crippen LogP contribution in [-0.2, 0) is 0 Å². The van der Waals surface area contributed by atoms with Crippen LogP contribution in [0.4, 0.5) is 4.39 Å². The second kappa shape index (κ2) is 5.61. The minimum atomic E-state index is -0.345. The average Bonchev–Trinajstić information content (AvgIpc) is 2.31. The minimum absolute atomic E-state index is 0.128. The summed E-state index contributed by atoms with van der Waals surface area (Å²) >= 11 is 3.23. The van der Waals surface area contributed by atoms with Crippen molar-refractivity contribution in [3.8, 4) is 0 Å². The van der Waals surface area contributed by atoms with Crippen LogP contribution in [0.5, 0.6) is 0 Å². The molecule has 0 radical (unpaired) electrons. The van der Waals surface area contributed by atoms with Crippen LogP contribution in [-0.4, -0.2) is 11.9 Å². The highest BCUT2D eigenvalue weighted by molar-refractivity contribution is 9.10. The van der Waals surface area contributed by atoms with Gasteiger partial charge >= 0.3 is 0 Å². The van der Waals surface area contributed by atoms with Crippen LogP contribution in [0, 0.1) is 11.2 Å². The number of amides is 1. The third-order valence-electron chi connectivity index (χ3n) is 3.85. The van der Waals surface area contributed by atoms with Crippen molar-refractivity contribution in [2.24, 2.45) is 5.41 Å². The Kier molecular flexibility index (Phi) is 4.29. The van der Waals surface area contributed by atoms with Crippen LogP contribution in [0.25, 0.3) is 0 Å². The molecule has 4 heteroatoms.